The minimum Gasteiger partial charge on any atom is -0.465 e. The maximum absolute atomic E-state index is 11.2. The van der Waals surface area contributed by atoms with Crippen molar-refractivity contribution in [3.05, 3.63) is 17.4 Å². The van der Waals surface area contributed by atoms with Gasteiger partial charge in [0, 0.05) is 0 Å². The Morgan fingerprint density at radius 2 is 2.38 bits per heavy atom. The zero-order chi connectivity index (χ0) is 9.84. The number of hydrogen-bond acceptors (Lipinski definition) is 4. The quantitative estimate of drug-likeness (QED) is 0.555. The highest BCUT2D eigenvalue weighted by molar-refractivity contribution is 7.99. The molecule has 0 fully saturated rings. The third-order valence-electron chi connectivity index (χ3n) is 1.50. The smallest absolute Gasteiger partial charge is 0.342 e. The molecular formula is C9H12O3S. The lowest BCUT2D eigenvalue weighted by Gasteiger charge is -1.97. The zero-order valence-electron chi connectivity index (χ0n) is 7.92. The Morgan fingerprint density at radius 3 is 2.92 bits per heavy atom. The van der Waals surface area contributed by atoms with Crippen LogP contribution in [0.5, 0.6) is 0 Å². The fourth-order valence-corrected chi connectivity index (χ4v) is 1.73. The van der Waals surface area contributed by atoms with Gasteiger partial charge in [0.15, 0.2) is 5.09 Å². The van der Waals surface area contributed by atoms with E-state index in [0.717, 1.165) is 11.5 Å². The SMILES string of the molecule is CCSc1oc(C)cc1C(=O)OC. The van der Waals surface area contributed by atoms with E-state index < -0.39 is 0 Å². The minimum absolute atomic E-state index is 0.340. The third-order valence-corrected chi connectivity index (χ3v) is 2.36. The maximum Gasteiger partial charge on any atom is 0.342 e. The largest absolute Gasteiger partial charge is 0.465 e. The fraction of sp³-hybridized carbons (Fsp3) is 0.444. The standard InChI is InChI=1S/C9H12O3S/c1-4-13-9-7(8(10)11-3)5-6(2)12-9/h5H,4H2,1-3H3. The number of esters is 1. The summed E-state index contributed by atoms with van der Waals surface area (Å²) in [6, 6.07) is 1.70. The molecule has 3 nitrogen and oxygen atoms in total. The number of methoxy groups -OCH3 is 1. The highest BCUT2D eigenvalue weighted by atomic mass is 32.2. The Morgan fingerprint density at radius 1 is 1.69 bits per heavy atom. The molecule has 0 saturated carbocycles. The van der Waals surface area contributed by atoms with Crippen molar-refractivity contribution >= 4 is 17.7 Å². The Hall–Kier alpha value is -0.900. The van der Waals surface area contributed by atoms with Gasteiger partial charge in [-0.05, 0) is 18.7 Å². The number of furan rings is 1. The second kappa shape index (κ2) is 4.37. The molecule has 72 valence electrons. The number of carbonyl (C=O) groups is 1. The summed E-state index contributed by atoms with van der Waals surface area (Å²) in [6.07, 6.45) is 0. The van der Waals surface area contributed by atoms with Crippen LogP contribution in [0.3, 0.4) is 0 Å². The molecule has 0 amide bonds. The first-order valence-corrected chi connectivity index (χ1v) is 4.99. The van der Waals surface area contributed by atoms with Crippen molar-refractivity contribution in [2.75, 3.05) is 12.9 Å². The van der Waals surface area contributed by atoms with Crippen LogP contribution in [-0.4, -0.2) is 18.8 Å². The molecule has 0 aliphatic heterocycles. The summed E-state index contributed by atoms with van der Waals surface area (Å²) in [5, 5.41) is 0.645. The maximum atomic E-state index is 11.2. The molecule has 4 heteroatoms. The lowest BCUT2D eigenvalue weighted by atomic mass is 10.3. The number of carbonyl (C=O) groups excluding carboxylic acids is 1. The summed E-state index contributed by atoms with van der Waals surface area (Å²) in [5.41, 5.74) is 0.520. The molecule has 0 saturated heterocycles. The zero-order valence-corrected chi connectivity index (χ0v) is 8.73. The van der Waals surface area contributed by atoms with Crippen molar-refractivity contribution in [3.63, 3.8) is 0 Å². The van der Waals surface area contributed by atoms with E-state index in [1.807, 2.05) is 13.8 Å². The Kier molecular flexibility index (Phi) is 3.42. The first-order chi connectivity index (χ1) is 6.19. The van der Waals surface area contributed by atoms with E-state index in [0.29, 0.717) is 10.7 Å². The molecule has 1 heterocycles. The van der Waals surface area contributed by atoms with E-state index in [1.165, 1.54) is 18.9 Å². The lowest BCUT2D eigenvalue weighted by molar-refractivity contribution is 0.0594. The van der Waals surface area contributed by atoms with Gasteiger partial charge in [-0.2, -0.15) is 0 Å². The van der Waals surface area contributed by atoms with Crippen molar-refractivity contribution in [3.8, 4) is 0 Å². The average molecular weight is 200 g/mol. The average Bonchev–Trinajstić information content (AvgIpc) is 2.46. The second-order valence-corrected chi connectivity index (χ2v) is 3.72. The van der Waals surface area contributed by atoms with Gasteiger partial charge in [0.25, 0.3) is 0 Å². The van der Waals surface area contributed by atoms with E-state index in [4.69, 9.17) is 4.42 Å². The number of hydrogen-bond donors (Lipinski definition) is 0. The van der Waals surface area contributed by atoms with Crippen LogP contribution in [0.15, 0.2) is 15.6 Å². The van der Waals surface area contributed by atoms with Crippen molar-refractivity contribution in [2.24, 2.45) is 0 Å². The molecule has 0 aliphatic carbocycles. The molecule has 1 rings (SSSR count). The monoisotopic (exact) mass is 200 g/mol. The van der Waals surface area contributed by atoms with Gasteiger partial charge in [0.2, 0.25) is 0 Å². The topological polar surface area (TPSA) is 39.4 Å². The highest BCUT2D eigenvalue weighted by Crippen LogP contribution is 2.26. The number of aryl methyl sites for hydroxylation is 1. The van der Waals surface area contributed by atoms with Crippen LogP contribution < -0.4 is 0 Å². The Balaban J connectivity index is 2.96. The van der Waals surface area contributed by atoms with Crippen molar-refractivity contribution < 1.29 is 13.9 Å². The predicted molar refractivity (Wildman–Crippen MR) is 51.2 cm³/mol. The Bertz CT molecular complexity index is 304. The van der Waals surface area contributed by atoms with Crippen LogP contribution in [0.2, 0.25) is 0 Å². The molecule has 0 spiro atoms. The summed E-state index contributed by atoms with van der Waals surface area (Å²) in [6.45, 7) is 3.82. The van der Waals surface area contributed by atoms with Gasteiger partial charge in [-0.3, -0.25) is 0 Å². The van der Waals surface area contributed by atoms with Gasteiger partial charge < -0.3 is 9.15 Å². The normalized spacial score (nSPS) is 10.1. The van der Waals surface area contributed by atoms with E-state index in [9.17, 15) is 4.79 Å². The van der Waals surface area contributed by atoms with Gasteiger partial charge >= 0.3 is 5.97 Å². The first kappa shape index (κ1) is 10.2. The summed E-state index contributed by atoms with van der Waals surface area (Å²) in [4.78, 5) is 11.2. The van der Waals surface area contributed by atoms with Crippen molar-refractivity contribution in [1.29, 1.82) is 0 Å². The molecular weight excluding hydrogens is 188 g/mol. The van der Waals surface area contributed by atoms with Gasteiger partial charge in [0.05, 0.1) is 7.11 Å². The second-order valence-electron chi connectivity index (χ2n) is 2.48. The summed E-state index contributed by atoms with van der Waals surface area (Å²) < 4.78 is 9.96. The van der Waals surface area contributed by atoms with Gasteiger partial charge in [-0.25, -0.2) is 4.79 Å². The van der Waals surface area contributed by atoms with E-state index in [1.54, 1.807) is 6.07 Å². The molecule has 0 N–H and O–H groups in total. The molecule has 0 unspecified atom stereocenters. The summed E-state index contributed by atoms with van der Waals surface area (Å²) in [5.74, 6) is 1.26. The molecule has 0 radical (unpaired) electrons. The van der Waals surface area contributed by atoms with Crippen LogP contribution in [0, 0.1) is 6.92 Å². The molecule has 0 atom stereocenters. The number of thioether (sulfide) groups is 1. The predicted octanol–water partition coefficient (Wildman–Crippen LogP) is 2.49. The first-order valence-electron chi connectivity index (χ1n) is 4.00. The van der Waals surface area contributed by atoms with Crippen LogP contribution in [0.25, 0.3) is 0 Å². The van der Waals surface area contributed by atoms with Crippen LogP contribution in [-0.2, 0) is 4.74 Å². The van der Waals surface area contributed by atoms with Gasteiger partial charge in [-0.15, -0.1) is 0 Å². The fourth-order valence-electron chi connectivity index (χ4n) is 0.983. The van der Waals surface area contributed by atoms with Gasteiger partial charge in [0.1, 0.15) is 11.3 Å². The van der Waals surface area contributed by atoms with Crippen LogP contribution in [0.4, 0.5) is 0 Å². The van der Waals surface area contributed by atoms with E-state index in [2.05, 4.69) is 4.74 Å². The molecule has 1 aromatic heterocycles. The lowest BCUT2D eigenvalue weighted by Crippen LogP contribution is -2.00. The Labute approximate surface area is 81.4 Å². The van der Waals surface area contributed by atoms with Crippen LogP contribution in [0.1, 0.15) is 23.0 Å². The molecule has 0 bridgehead atoms. The minimum atomic E-state index is -0.340. The summed E-state index contributed by atoms with van der Waals surface area (Å²) >= 11 is 1.50. The van der Waals surface area contributed by atoms with E-state index in [-0.39, 0.29) is 5.97 Å². The van der Waals surface area contributed by atoms with Crippen molar-refractivity contribution in [1.82, 2.24) is 0 Å². The van der Waals surface area contributed by atoms with Gasteiger partial charge in [-0.1, -0.05) is 18.7 Å². The third kappa shape index (κ3) is 2.28. The van der Waals surface area contributed by atoms with E-state index >= 15 is 0 Å². The number of ether oxygens (including phenoxy) is 1. The summed E-state index contributed by atoms with van der Waals surface area (Å²) in [7, 11) is 1.37. The van der Waals surface area contributed by atoms with Crippen LogP contribution >= 0.6 is 11.8 Å². The highest BCUT2D eigenvalue weighted by Gasteiger charge is 2.16. The number of rotatable bonds is 3. The molecule has 0 aromatic carbocycles. The molecule has 1 aromatic rings. The molecule has 13 heavy (non-hydrogen) atoms. The molecule has 0 aliphatic rings. The van der Waals surface area contributed by atoms with Crippen molar-refractivity contribution in [2.45, 2.75) is 18.9 Å².